The molecule has 4 heteroatoms. The average Bonchev–Trinajstić information content (AvgIpc) is 2.63. The lowest BCUT2D eigenvalue weighted by atomic mass is 10.1. The van der Waals surface area contributed by atoms with Gasteiger partial charge in [-0.15, -0.1) is 0 Å². The molecule has 0 fully saturated rings. The number of alkyl halides is 3. The van der Waals surface area contributed by atoms with Crippen molar-refractivity contribution in [3.05, 3.63) is 77.4 Å². The molecule has 0 aromatic heterocycles. The topological polar surface area (TPSA) is 9.23 Å². The first-order valence-electron chi connectivity index (χ1n) is 8.54. The highest BCUT2D eigenvalue weighted by Gasteiger charge is 2.21. The third-order valence-corrected chi connectivity index (χ3v) is 3.63. The minimum Gasteiger partial charge on any atom is -0.490 e. The van der Waals surface area contributed by atoms with E-state index in [4.69, 9.17) is 4.74 Å². The lowest BCUT2D eigenvalue weighted by Gasteiger charge is -2.03. The molecule has 0 spiro atoms. The second-order valence-corrected chi connectivity index (χ2v) is 5.83. The van der Waals surface area contributed by atoms with Crippen LogP contribution in [0, 0.1) is 11.8 Å². The maximum atomic E-state index is 12.0. The molecule has 0 heterocycles. The molecule has 0 aliphatic carbocycles. The van der Waals surface area contributed by atoms with Gasteiger partial charge in [-0.2, -0.15) is 13.2 Å². The van der Waals surface area contributed by atoms with Gasteiger partial charge in [-0.05, 0) is 60.9 Å². The van der Waals surface area contributed by atoms with E-state index in [-0.39, 0.29) is 12.7 Å². The van der Waals surface area contributed by atoms with Crippen LogP contribution in [0.25, 0.3) is 0 Å². The van der Waals surface area contributed by atoms with E-state index in [0.717, 1.165) is 23.6 Å². The first-order chi connectivity index (χ1) is 12.5. The zero-order valence-electron chi connectivity index (χ0n) is 14.6. The number of halogens is 3. The summed E-state index contributed by atoms with van der Waals surface area (Å²) in [6.07, 6.45) is 0.254. The Morgan fingerprint density at radius 2 is 1.50 bits per heavy atom. The van der Waals surface area contributed by atoms with Gasteiger partial charge in [0.25, 0.3) is 0 Å². The number of hydrogen-bond donors (Lipinski definition) is 0. The zero-order valence-corrected chi connectivity index (χ0v) is 14.6. The number of aryl methyl sites for hydroxylation is 1. The second-order valence-electron chi connectivity index (χ2n) is 5.83. The van der Waals surface area contributed by atoms with Crippen LogP contribution < -0.4 is 4.74 Å². The standard InChI is InChI=1S/C22H21F3O/c1-2-3-5-18-6-8-19(9-7-18)10-11-20-12-14-21(15-13-20)26-17-4-16-22(23,24)25/h4,6-9,12-16H,2-3,5,17H2,1H3. The van der Waals surface area contributed by atoms with Crippen molar-refractivity contribution in [2.75, 3.05) is 6.61 Å². The quantitative estimate of drug-likeness (QED) is 0.460. The van der Waals surface area contributed by atoms with Crippen molar-refractivity contribution in [3.8, 4) is 17.6 Å². The van der Waals surface area contributed by atoms with E-state index >= 15 is 0 Å². The Labute approximate surface area is 152 Å². The second kappa shape index (κ2) is 9.72. The predicted molar refractivity (Wildman–Crippen MR) is 98.2 cm³/mol. The highest BCUT2D eigenvalue weighted by atomic mass is 19.4. The van der Waals surface area contributed by atoms with Crippen LogP contribution in [-0.4, -0.2) is 12.8 Å². The molecule has 0 N–H and O–H groups in total. The fourth-order valence-corrected chi connectivity index (χ4v) is 2.24. The smallest absolute Gasteiger partial charge is 0.409 e. The van der Waals surface area contributed by atoms with E-state index in [1.807, 2.05) is 12.1 Å². The van der Waals surface area contributed by atoms with Crippen molar-refractivity contribution in [1.29, 1.82) is 0 Å². The molecule has 0 atom stereocenters. The number of rotatable bonds is 6. The van der Waals surface area contributed by atoms with Gasteiger partial charge in [0.2, 0.25) is 0 Å². The third-order valence-electron chi connectivity index (χ3n) is 3.63. The number of allylic oxidation sites excluding steroid dienone is 1. The molecule has 0 saturated heterocycles. The van der Waals surface area contributed by atoms with E-state index in [2.05, 4.69) is 30.9 Å². The van der Waals surface area contributed by atoms with Gasteiger partial charge in [0, 0.05) is 17.2 Å². The van der Waals surface area contributed by atoms with Gasteiger partial charge in [0.05, 0.1) is 0 Å². The van der Waals surface area contributed by atoms with Crippen LogP contribution in [0.1, 0.15) is 36.5 Å². The van der Waals surface area contributed by atoms with Crippen LogP contribution in [0.15, 0.2) is 60.7 Å². The summed E-state index contributed by atoms with van der Waals surface area (Å²) in [7, 11) is 0. The Balaban J connectivity index is 1.89. The molecule has 2 aromatic rings. The Morgan fingerprint density at radius 3 is 2.04 bits per heavy atom. The molecule has 0 aliphatic rings. The van der Waals surface area contributed by atoms with E-state index in [0.29, 0.717) is 5.75 Å². The van der Waals surface area contributed by atoms with Gasteiger partial charge in [0.15, 0.2) is 0 Å². The molecule has 0 saturated carbocycles. The van der Waals surface area contributed by atoms with E-state index in [1.165, 1.54) is 18.4 Å². The summed E-state index contributed by atoms with van der Waals surface area (Å²) < 4.78 is 41.2. The molecular formula is C22H21F3O. The summed E-state index contributed by atoms with van der Waals surface area (Å²) in [6.45, 7) is 2.05. The lowest BCUT2D eigenvalue weighted by molar-refractivity contribution is -0.0801. The Hall–Kier alpha value is -2.67. The maximum Gasteiger partial charge on any atom is 0.409 e. The number of ether oxygens (including phenoxy) is 1. The molecule has 0 aliphatic heterocycles. The lowest BCUT2D eigenvalue weighted by Crippen LogP contribution is -2.02. The molecule has 26 heavy (non-hydrogen) atoms. The molecular weight excluding hydrogens is 337 g/mol. The van der Waals surface area contributed by atoms with Gasteiger partial charge in [-0.25, -0.2) is 0 Å². The van der Waals surface area contributed by atoms with Gasteiger partial charge in [0.1, 0.15) is 12.4 Å². The predicted octanol–water partition coefficient (Wildman–Crippen LogP) is 5.93. The summed E-state index contributed by atoms with van der Waals surface area (Å²) in [4.78, 5) is 0. The van der Waals surface area contributed by atoms with Crippen molar-refractivity contribution in [2.24, 2.45) is 0 Å². The van der Waals surface area contributed by atoms with Crippen LogP contribution in [0.3, 0.4) is 0 Å². The van der Waals surface area contributed by atoms with E-state index in [1.54, 1.807) is 24.3 Å². The monoisotopic (exact) mass is 358 g/mol. The van der Waals surface area contributed by atoms with Crippen molar-refractivity contribution >= 4 is 0 Å². The molecule has 0 bridgehead atoms. The molecule has 0 amide bonds. The van der Waals surface area contributed by atoms with Crippen LogP contribution in [0.4, 0.5) is 13.2 Å². The minimum atomic E-state index is -4.31. The highest BCUT2D eigenvalue weighted by Crippen LogP contribution is 2.16. The molecule has 136 valence electrons. The van der Waals surface area contributed by atoms with Gasteiger partial charge in [-0.3, -0.25) is 0 Å². The largest absolute Gasteiger partial charge is 0.490 e. The Kier molecular flexibility index (Phi) is 7.35. The van der Waals surface area contributed by atoms with Gasteiger partial charge in [-0.1, -0.05) is 37.3 Å². The molecule has 2 aromatic carbocycles. The van der Waals surface area contributed by atoms with Crippen LogP contribution in [0.5, 0.6) is 5.75 Å². The fraction of sp³-hybridized carbons (Fsp3) is 0.273. The van der Waals surface area contributed by atoms with Crippen molar-refractivity contribution in [3.63, 3.8) is 0 Å². The summed E-state index contributed by atoms with van der Waals surface area (Å²) in [5.74, 6) is 6.68. The molecule has 2 rings (SSSR count). The number of unbranched alkanes of at least 4 members (excludes halogenated alkanes) is 1. The van der Waals surface area contributed by atoms with Crippen LogP contribution >= 0.6 is 0 Å². The van der Waals surface area contributed by atoms with Gasteiger partial charge >= 0.3 is 6.18 Å². The Morgan fingerprint density at radius 1 is 0.923 bits per heavy atom. The fourth-order valence-electron chi connectivity index (χ4n) is 2.24. The SMILES string of the molecule is CCCCc1ccc(C#Cc2ccc(OCC=CC(F)(F)F)cc2)cc1. The summed E-state index contributed by atoms with van der Waals surface area (Å²) in [5, 5.41) is 0. The highest BCUT2D eigenvalue weighted by molar-refractivity contribution is 5.44. The van der Waals surface area contributed by atoms with Crippen LogP contribution in [0.2, 0.25) is 0 Å². The number of hydrogen-bond acceptors (Lipinski definition) is 1. The first-order valence-corrected chi connectivity index (χ1v) is 8.54. The third kappa shape index (κ3) is 7.48. The Bertz CT molecular complexity index is 760. The summed E-state index contributed by atoms with van der Waals surface area (Å²) in [6, 6.07) is 15.2. The van der Waals surface area contributed by atoms with Gasteiger partial charge < -0.3 is 4.74 Å². The molecule has 1 nitrogen and oxygen atoms in total. The van der Waals surface area contributed by atoms with E-state index in [9.17, 15) is 13.2 Å². The summed E-state index contributed by atoms with van der Waals surface area (Å²) >= 11 is 0. The minimum absolute atomic E-state index is 0.130. The van der Waals surface area contributed by atoms with Crippen molar-refractivity contribution in [1.82, 2.24) is 0 Å². The van der Waals surface area contributed by atoms with Crippen LogP contribution in [-0.2, 0) is 6.42 Å². The molecule has 0 unspecified atom stereocenters. The van der Waals surface area contributed by atoms with Crippen molar-refractivity contribution < 1.29 is 17.9 Å². The first kappa shape index (κ1) is 19.7. The average molecular weight is 358 g/mol. The zero-order chi connectivity index (χ0) is 18.8. The summed E-state index contributed by atoms with van der Waals surface area (Å²) in [5.41, 5.74) is 3.08. The van der Waals surface area contributed by atoms with Crippen molar-refractivity contribution in [2.45, 2.75) is 32.4 Å². The maximum absolute atomic E-state index is 12.0. The number of benzene rings is 2. The van der Waals surface area contributed by atoms with E-state index < -0.39 is 6.18 Å². The normalized spacial score (nSPS) is 11.2. The molecule has 0 radical (unpaired) electrons.